The number of aliphatic hydroxyl groups is 1. The molecule has 7 heteroatoms. The lowest BCUT2D eigenvalue weighted by Gasteiger charge is -2.18. The summed E-state index contributed by atoms with van der Waals surface area (Å²) in [6, 6.07) is 18.2. The Balaban J connectivity index is 1.49. The van der Waals surface area contributed by atoms with E-state index in [0.717, 1.165) is 17.2 Å². The van der Waals surface area contributed by atoms with E-state index < -0.39 is 18.0 Å². The van der Waals surface area contributed by atoms with Gasteiger partial charge in [0.2, 0.25) is 0 Å². The second kappa shape index (κ2) is 8.78. The monoisotopic (exact) mass is 442 g/mol. The Morgan fingerprint density at radius 2 is 1.84 bits per heavy atom. The second-order valence-corrected chi connectivity index (χ2v) is 8.33. The first-order chi connectivity index (χ1) is 14.8. The van der Waals surface area contributed by atoms with Crippen molar-refractivity contribution in [2.24, 2.45) is 0 Å². The smallest absolute Gasteiger partial charge is 0.387 e. The fourth-order valence-electron chi connectivity index (χ4n) is 3.53. The summed E-state index contributed by atoms with van der Waals surface area (Å²) < 4.78 is 40.0. The Hall–Kier alpha value is -2.74. The zero-order chi connectivity index (χ0) is 22.0. The number of nitrogens with zero attached hydrogens (tertiary/aromatic N) is 1. The summed E-state index contributed by atoms with van der Waals surface area (Å²) in [7, 11) is 0. The molecule has 0 saturated heterocycles. The molecule has 0 spiro atoms. The number of benzene rings is 2. The fourth-order valence-corrected chi connectivity index (χ4v) is 4.26. The van der Waals surface area contributed by atoms with Gasteiger partial charge in [-0.25, -0.2) is 4.98 Å². The number of para-hydroxylation sites is 1. The Labute approximate surface area is 182 Å². The van der Waals surface area contributed by atoms with Crippen molar-refractivity contribution in [3.8, 4) is 10.4 Å². The third-order valence-electron chi connectivity index (χ3n) is 5.15. The Morgan fingerprint density at radius 3 is 2.52 bits per heavy atom. The Kier molecular flexibility index (Phi) is 6.09. The number of thiophene rings is 1. The van der Waals surface area contributed by atoms with Crippen molar-refractivity contribution in [1.82, 2.24) is 10.3 Å². The number of pyridine rings is 1. The number of hydrogen-bond donors (Lipinski definition) is 2. The summed E-state index contributed by atoms with van der Waals surface area (Å²) in [4.78, 5) is 4.98. The summed E-state index contributed by atoms with van der Waals surface area (Å²) in [5, 5.41) is 16.4. The summed E-state index contributed by atoms with van der Waals surface area (Å²) >= 11 is 1.67. The highest BCUT2D eigenvalue weighted by molar-refractivity contribution is 7.13. The summed E-state index contributed by atoms with van der Waals surface area (Å²) in [6.45, 7) is 2.33. The van der Waals surface area contributed by atoms with Gasteiger partial charge in [-0.2, -0.15) is 13.2 Å². The van der Waals surface area contributed by atoms with Gasteiger partial charge in [-0.15, -0.1) is 11.3 Å². The van der Waals surface area contributed by atoms with E-state index in [2.05, 4.69) is 16.4 Å². The maximum atomic E-state index is 13.3. The molecular formula is C24H21F3N2OS. The third-order valence-corrected chi connectivity index (χ3v) is 6.07. The average molecular weight is 443 g/mol. The minimum absolute atomic E-state index is 0.122. The first-order valence-corrected chi connectivity index (χ1v) is 10.7. The molecule has 0 bridgehead atoms. The van der Waals surface area contributed by atoms with Gasteiger partial charge in [0.05, 0.1) is 11.6 Å². The number of hydrogen-bond acceptors (Lipinski definition) is 4. The number of nitrogens with one attached hydrogen (secondary N) is 1. The summed E-state index contributed by atoms with van der Waals surface area (Å²) in [5.74, 6) is 0. The molecule has 2 heterocycles. The molecule has 2 aromatic carbocycles. The highest BCUT2D eigenvalue weighted by Crippen LogP contribution is 2.34. The molecule has 0 aliphatic heterocycles. The normalized spacial score (nSPS) is 12.9. The van der Waals surface area contributed by atoms with E-state index in [0.29, 0.717) is 17.5 Å². The number of aromatic nitrogens is 1. The number of aryl methyl sites for hydroxylation is 1. The van der Waals surface area contributed by atoms with Crippen LogP contribution >= 0.6 is 11.3 Å². The third kappa shape index (κ3) is 4.79. The van der Waals surface area contributed by atoms with Gasteiger partial charge in [0.15, 0.2) is 0 Å². The van der Waals surface area contributed by atoms with Crippen molar-refractivity contribution in [2.75, 3.05) is 6.54 Å². The second-order valence-electron chi connectivity index (χ2n) is 7.39. The molecular weight excluding hydrogens is 421 g/mol. The van der Waals surface area contributed by atoms with Gasteiger partial charge in [-0.3, -0.25) is 0 Å². The van der Waals surface area contributed by atoms with Crippen LogP contribution in [0.3, 0.4) is 0 Å². The minimum Gasteiger partial charge on any atom is -0.387 e. The molecule has 0 amide bonds. The van der Waals surface area contributed by atoms with Crippen molar-refractivity contribution >= 4 is 22.2 Å². The van der Waals surface area contributed by atoms with Crippen LogP contribution < -0.4 is 5.32 Å². The van der Waals surface area contributed by atoms with Crippen LogP contribution in [0.5, 0.6) is 0 Å². The van der Waals surface area contributed by atoms with E-state index >= 15 is 0 Å². The van der Waals surface area contributed by atoms with E-state index in [1.807, 2.05) is 35.7 Å². The molecule has 3 nitrogen and oxygen atoms in total. The lowest BCUT2D eigenvalue weighted by molar-refractivity contribution is -0.141. The van der Waals surface area contributed by atoms with E-state index in [4.69, 9.17) is 0 Å². The van der Waals surface area contributed by atoms with Crippen LogP contribution in [-0.4, -0.2) is 16.6 Å². The molecule has 4 aromatic rings. The highest BCUT2D eigenvalue weighted by Gasteiger charge is 2.34. The summed E-state index contributed by atoms with van der Waals surface area (Å²) in [5.41, 5.74) is 2.29. The molecule has 0 aliphatic carbocycles. The number of fused-ring (bicyclic) bond motifs is 1. The quantitative estimate of drug-likeness (QED) is 0.379. The molecule has 31 heavy (non-hydrogen) atoms. The number of rotatable bonds is 6. The predicted molar refractivity (Wildman–Crippen MR) is 118 cm³/mol. The maximum Gasteiger partial charge on any atom is 0.433 e. The topological polar surface area (TPSA) is 45.1 Å². The lowest BCUT2D eigenvalue weighted by atomic mass is 10.00. The molecule has 160 valence electrons. The standard InChI is InChI=1S/C24H21F3N2OS/c1-15-4-2-5-18-19(12-22(24(25,26)27)29-23(15)18)20(30)14-28-13-16-7-9-17(10-8-16)21-6-3-11-31-21/h2-12,20,28,30H,13-14H2,1H3. The average Bonchev–Trinajstić information content (AvgIpc) is 3.28. The van der Waals surface area contributed by atoms with Crippen molar-refractivity contribution in [1.29, 1.82) is 0 Å². The van der Waals surface area contributed by atoms with Gasteiger partial charge in [0.25, 0.3) is 0 Å². The SMILES string of the molecule is Cc1cccc2c(C(O)CNCc3ccc(-c4cccs4)cc3)cc(C(F)(F)F)nc12. The Morgan fingerprint density at radius 1 is 1.06 bits per heavy atom. The lowest BCUT2D eigenvalue weighted by Crippen LogP contribution is -2.22. The first kappa shape index (κ1) is 21.5. The van der Waals surface area contributed by atoms with Gasteiger partial charge in [0.1, 0.15) is 5.69 Å². The van der Waals surface area contributed by atoms with Crippen LogP contribution in [-0.2, 0) is 12.7 Å². The van der Waals surface area contributed by atoms with E-state index in [1.165, 1.54) is 4.88 Å². The van der Waals surface area contributed by atoms with Crippen molar-refractivity contribution in [3.63, 3.8) is 0 Å². The van der Waals surface area contributed by atoms with Gasteiger partial charge in [0, 0.05) is 23.4 Å². The molecule has 2 aromatic heterocycles. The Bertz CT molecular complexity index is 1170. The zero-order valence-corrected chi connectivity index (χ0v) is 17.6. The first-order valence-electron chi connectivity index (χ1n) is 9.82. The van der Waals surface area contributed by atoms with Gasteiger partial charge in [-0.1, -0.05) is 48.5 Å². The largest absolute Gasteiger partial charge is 0.433 e. The van der Waals surface area contributed by atoms with Crippen LogP contribution in [0.2, 0.25) is 0 Å². The highest BCUT2D eigenvalue weighted by atomic mass is 32.1. The van der Waals surface area contributed by atoms with E-state index in [9.17, 15) is 18.3 Å². The van der Waals surface area contributed by atoms with Crippen LogP contribution in [0.25, 0.3) is 21.3 Å². The maximum absolute atomic E-state index is 13.3. The molecule has 0 radical (unpaired) electrons. The molecule has 0 saturated carbocycles. The molecule has 4 rings (SSSR count). The van der Waals surface area contributed by atoms with E-state index in [-0.39, 0.29) is 17.6 Å². The summed E-state index contributed by atoms with van der Waals surface area (Å²) in [6.07, 6.45) is -5.68. The van der Waals surface area contributed by atoms with Gasteiger partial charge in [-0.05, 0) is 46.7 Å². The predicted octanol–water partition coefficient (Wildman–Crippen LogP) is 6.11. The van der Waals surface area contributed by atoms with Gasteiger partial charge >= 0.3 is 6.18 Å². The van der Waals surface area contributed by atoms with Crippen molar-refractivity contribution in [2.45, 2.75) is 25.7 Å². The number of halogens is 3. The number of aliphatic hydroxyl groups excluding tert-OH is 1. The molecule has 0 fully saturated rings. The van der Waals surface area contributed by atoms with Gasteiger partial charge < -0.3 is 10.4 Å². The zero-order valence-electron chi connectivity index (χ0n) is 16.8. The molecule has 1 unspecified atom stereocenters. The molecule has 2 N–H and O–H groups in total. The van der Waals surface area contributed by atoms with Crippen molar-refractivity contribution in [3.05, 3.63) is 88.4 Å². The van der Waals surface area contributed by atoms with Crippen molar-refractivity contribution < 1.29 is 18.3 Å². The van der Waals surface area contributed by atoms with E-state index in [1.54, 1.807) is 36.5 Å². The molecule has 0 aliphatic rings. The minimum atomic E-state index is -4.58. The van der Waals surface area contributed by atoms with Crippen LogP contribution in [0.4, 0.5) is 13.2 Å². The number of alkyl halides is 3. The fraction of sp³-hybridized carbons (Fsp3) is 0.208. The van der Waals surface area contributed by atoms with Crippen LogP contribution in [0.15, 0.2) is 66.0 Å². The molecule has 1 atom stereocenters. The van der Waals surface area contributed by atoms with Crippen LogP contribution in [0, 0.1) is 6.92 Å². The van der Waals surface area contributed by atoms with Crippen LogP contribution in [0.1, 0.15) is 28.5 Å².